The second-order valence-corrected chi connectivity index (χ2v) is 9.07. The van der Waals surface area contributed by atoms with Crippen LogP contribution in [0.15, 0.2) is 83.4 Å². The predicted octanol–water partition coefficient (Wildman–Crippen LogP) is 6.84. The van der Waals surface area contributed by atoms with Gasteiger partial charge >= 0.3 is 0 Å². The SMILES string of the molecule is Cc1cccc(C(=O)Nc2ccc3c(c2)C2C=CCC2C(c2ccc(Br)cc2)N3)c1. The molecule has 0 aromatic heterocycles. The summed E-state index contributed by atoms with van der Waals surface area (Å²) in [6.45, 7) is 2.00. The van der Waals surface area contributed by atoms with Crippen LogP contribution in [0.4, 0.5) is 11.4 Å². The number of nitrogens with one attached hydrogen (secondary N) is 2. The fourth-order valence-corrected chi connectivity index (χ4v) is 4.93. The minimum absolute atomic E-state index is 0.0753. The lowest BCUT2D eigenvalue weighted by Gasteiger charge is -2.37. The smallest absolute Gasteiger partial charge is 0.255 e. The maximum Gasteiger partial charge on any atom is 0.255 e. The highest BCUT2D eigenvalue weighted by Crippen LogP contribution is 2.50. The van der Waals surface area contributed by atoms with Crippen molar-refractivity contribution < 1.29 is 4.79 Å². The van der Waals surface area contributed by atoms with Crippen molar-refractivity contribution in [2.24, 2.45) is 5.92 Å². The van der Waals surface area contributed by atoms with Crippen molar-refractivity contribution in [1.29, 1.82) is 0 Å². The predicted molar refractivity (Wildman–Crippen MR) is 126 cm³/mol. The van der Waals surface area contributed by atoms with Gasteiger partial charge in [0.25, 0.3) is 5.91 Å². The number of aryl methyl sites for hydroxylation is 1. The van der Waals surface area contributed by atoms with E-state index in [-0.39, 0.29) is 11.9 Å². The van der Waals surface area contributed by atoms with E-state index < -0.39 is 0 Å². The molecule has 3 atom stereocenters. The number of benzene rings is 3. The summed E-state index contributed by atoms with van der Waals surface area (Å²) < 4.78 is 1.09. The maximum absolute atomic E-state index is 12.7. The Bertz CT molecular complexity index is 1140. The molecule has 0 saturated carbocycles. The van der Waals surface area contributed by atoms with Gasteiger partial charge in [-0.15, -0.1) is 0 Å². The average Bonchev–Trinajstić information content (AvgIpc) is 3.24. The molecule has 0 spiro atoms. The summed E-state index contributed by atoms with van der Waals surface area (Å²) in [5.41, 5.74) is 6.30. The fraction of sp³-hybridized carbons (Fsp3) is 0.192. The van der Waals surface area contributed by atoms with E-state index in [0.717, 1.165) is 27.8 Å². The van der Waals surface area contributed by atoms with E-state index >= 15 is 0 Å². The van der Waals surface area contributed by atoms with Crippen LogP contribution in [-0.4, -0.2) is 5.91 Å². The molecule has 3 aromatic rings. The van der Waals surface area contributed by atoms with Crippen LogP contribution in [0.2, 0.25) is 0 Å². The third-order valence-electron chi connectivity index (χ3n) is 6.13. The Morgan fingerprint density at radius 2 is 1.90 bits per heavy atom. The van der Waals surface area contributed by atoms with E-state index in [2.05, 4.69) is 75.1 Å². The van der Waals surface area contributed by atoms with Crippen LogP contribution >= 0.6 is 15.9 Å². The lowest BCUT2D eigenvalue weighted by atomic mass is 9.77. The first kappa shape index (κ1) is 19.1. The number of allylic oxidation sites excluding steroid dienone is 2. The highest BCUT2D eigenvalue weighted by atomic mass is 79.9. The number of rotatable bonds is 3. The first-order valence-corrected chi connectivity index (χ1v) is 11.1. The second-order valence-electron chi connectivity index (χ2n) is 8.15. The van der Waals surface area contributed by atoms with E-state index in [1.165, 1.54) is 11.1 Å². The van der Waals surface area contributed by atoms with Crippen molar-refractivity contribution in [3.05, 3.63) is 106 Å². The topological polar surface area (TPSA) is 41.1 Å². The first-order valence-electron chi connectivity index (χ1n) is 10.3. The Hall–Kier alpha value is -2.85. The maximum atomic E-state index is 12.7. The van der Waals surface area contributed by atoms with Crippen LogP contribution < -0.4 is 10.6 Å². The molecule has 0 saturated heterocycles. The van der Waals surface area contributed by atoms with Gasteiger partial charge < -0.3 is 10.6 Å². The molecule has 0 radical (unpaired) electrons. The molecule has 1 aliphatic heterocycles. The molecule has 2 N–H and O–H groups in total. The van der Waals surface area contributed by atoms with Gasteiger partial charge in [-0.3, -0.25) is 4.79 Å². The van der Waals surface area contributed by atoms with Crippen LogP contribution in [0.3, 0.4) is 0 Å². The van der Waals surface area contributed by atoms with Crippen LogP contribution in [0, 0.1) is 12.8 Å². The minimum Gasteiger partial charge on any atom is -0.378 e. The van der Waals surface area contributed by atoms with Crippen LogP contribution in [0.1, 0.15) is 45.4 Å². The largest absolute Gasteiger partial charge is 0.378 e. The molecule has 0 bridgehead atoms. The number of hydrogen-bond donors (Lipinski definition) is 2. The van der Waals surface area contributed by atoms with E-state index in [9.17, 15) is 4.79 Å². The van der Waals surface area contributed by atoms with Crippen molar-refractivity contribution in [2.45, 2.75) is 25.3 Å². The molecule has 2 aliphatic rings. The Kier molecular flexibility index (Phi) is 4.95. The summed E-state index contributed by atoms with van der Waals surface area (Å²) in [5.74, 6) is 0.751. The lowest BCUT2D eigenvalue weighted by Crippen LogP contribution is -2.29. The standard InChI is InChI=1S/C26H23BrN2O/c1-16-4-2-5-18(14-16)26(30)28-20-12-13-24-23(15-20)21-6-3-7-22(21)25(29-24)17-8-10-19(27)11-9-17/h2-6,8-15,21-22,25,29H,7H2,1H3,(H,28,30). The van der Waals surface area contributed by atoms with Gasteiger partial charge in [0.15, 0.2) is 0 Å². The summed E-state index contributed by atoms with van der Waals surface area (Å²) >= 11 is 3.53. The van der Waals surface area contributed by atoms with Crippen LogP contribution in [0.5, 0.6) is 0 Å². The molecule has 3 unspecified atom stereocenters. The summed E-state index contributed by atoms with van der Waals surface area (Å²) in [4.78, 5) is 12.7. The number of hydrogen-bond acceptors (Lipinski definition) is 2. The highest BCUT2D eigenvalue weighted by molar-refractivity contribution is 9.10. The summed E-state index contributed by atoms with van der Waals surface area (Å²) in [6, 6.07) is 22.7. The van der Waals surface area contributed by atoms with E-state index in [4.69, 9.17) is 0 Å². The first-order chi connectivity index (χ1) is 14.6. The number of anilines is 2. The molecule has 3 aromatic carbocycles. The van der Waals surface area contributed by atoms with Gasteiger partial charge in [-0.2, -0.15) is 0 Å². The van der Waals surface area contributed by atoms with E-state index in [0.29, 0.717) is 17.4 Å². The summed E-state index contributed by atoms with van der Waals surface area (Å²) in [7, 11) is 0. The molecule has 4 heteroatoms. The van der Waals surface area contributed by atoms with Crippen molar-refractivity contribution >= 4 is 33.2 Å². The number of carbonyl (C=O) groups is 1. The fourth-order valence-electron chi connectivity index (χ4n) is 4.66. The van der Waals surface area contributed by atoms with E-state index in [1.807, 2.05) is 37.3 Å². The van der Waals surface area contributed by atoms with Crippen LogP contribution in [0.25, 0.3) is 0 Å². The van der Waals surface area contributed by atoms with Crippen molar-refractivity contribution in [3.8, 4) is 0 Å². The Morgan fingerprint density at radius 3 is 2.70 bits per heavy atom. The number of halogens is 1. The number of amides is 1. The third kappa shape index (κ3) is 3.56. The van der Waals surface area contributed by atoms with E-state index in [1.54, 1.807) is 0 Å². The molecule has 1 aliphatic carbocycles. The van der Waals surface area contributed by atoms with Gasteiger partial charge in [0, 0.05) is 27.3 Å². The monoisotopic (exact) mass is 458 g/mol. The average molecular weight is 459 g/mol. The quantitative estimate of drug-likeness (QED) is 0.421. The molecule has 1 amide bonds. The summed E-state index contributed by atoms with van der Waals surface area (Å²) in [5, 5.41) is 6.82. The molecular formula is C26H23BrN2O. The molecule has 30 heavy (non-hydrogen) atoms. The third-order valence-corrected chi connectivity index (χ3v) is 6.66. The molecule has 0 fully saturated rings. The molecular weight excluding hydrogens is 436 g/mol. The summed E-state index contributed by atoms with van der Waals surface area (Å²) in [6.07, 6.45) is 5.66. The molecule has 3 nitrogen and oxygen atoms in total. The zero-order chi connectivity index (χ0) is 20.7. The zero-order valence-corrected chi connectivity index (χ0v) is 18.3. The van der Waals surface area contributed by atoms with Crippen molar-refractivity contribution in [3.63, 3.8) is 0 Å². The van der Waals surface area contributed by atoms with Crippen LogP contribution in [-0.2, 0) is 0 Å². The number of fused-ring (bicyclic) bond motifs is 3. The van der Waals surface area contributed by atoms with Gasteiger partial charge in [0.1, 0.15) is 0 Å². The van der Waals surface area contributed by atoms with Gasteiger partial charge in [-0.25, -0.2) is 0 Å². The van der Waals surface area contributed by atoms with Crippen molar-refractivity contribution in [1.82, 2.24) is 0 Å². The Morgan fingerprint density at radius 1 is 1.07 bits per heavy atom. The van der Waals surface area contributed by atoms with Gasteiger partial charge in [0.2, 0.25) is 0 Å². The lowest BCUT2D eigenvalue weighted by molar-refractivity contribution is 0.102. The van der Waals surface area contributed by atoms with Crippen molar-refractivity contribution in [2.75, 3.05) is 10.6 Å². The molecule has 150 valence electrons. The zero-order valence-electron chi connectivity index (χ0n) is 16.7. The van der Waals surface area contributed by atoms with Gasteiger partial charge in [-0.05, 0) is 72.9 Å². The normalized spacial score (nSPS) is 21.5. The minimum atomic E-state index is -0.0753. The van der Waals surface area contributed by atoms with Gasteiger partial charge in [-0.1, -0.05) is 57.9 Å². The number of carbonyl (C=O) groups excluding carboxylic acids is 1. The molecule has 5 rings (SSSR count). The molecule has 1 heterocycles. The Labute approximate surface area is 185 Å². The van der Waals surface area contributed by atoms with Gasteiger partial charge in [0.05, 0.1) is 6.04 Å². The highest BCUT2D eigenvalue weighted by Gasteiger charge is 2.37. The second kappa shape index (κ2) is 7.77. The Balaban J connectivity index is 1.43.